The van der Waals surface area contributed by atoms with Crippen molar-refractivity contribution in [1.82, 2.24) is 10.1 Å². The van der Waals surface area contributed by atoms with Crippen molar-refractivity contribution in [2.45, 2.75) is 0 Å². The Morgan fingerprint density at radius 2 is 1.92 bits per heavy atom. The minimum Gasteiger partial charge on any atom is -0.321 e. The van der Waals surface area contributed by atoms with Crippen LogP contribution in [0.25, 0.3) is 11.4 Å². The minimum atomic E-state index is 0.00918. The molecule has 0 spiro atoms. The predicted octanol–water partition coefficient (Wildman–Crippen LogP) is 3.04. The Morgan fingerprint density at radius 3 is 2.54 bits per heavy atom. The quantitative estimate of drug-likeness (QED) is 0.733. The molecular weight excluding hydrogens is 211 g/mol. The van der Waals surface area contributed by atoms with Gasteiger partial charge in [0.25, 0.3) is 0 Å². The smallest absolute Gasteiger partial charge is 0.320 e. The average Bonchev–Trinajstić information content (AvgIpc) is 2.53. The van der Waals surface area contributed by atoms with Crippen molar-refractivity contribution in [1.29, 1.82) is 0 Å². The van der Waals surface area contributed by atoms with E-state index in [9.17, 15) is 0 Å². The molecule has 66 valence electrons. The van der Waals surface area contributed by atoms with Gasteiger partial charge in [-0.3, -0.25) is 0 Å². The van der Waals surface area contributed by atoms with Crippen LogP contribution in [0.4, 0.5) is 0 Å². The summed E-state index contributed by atoms with van der Waals surface area (Å²) in [5.41, 5.74) is 0.708. The summed E-state index contributed by atoms with van der Waals surface area (Å²) >= 11 is 11.4. The van der Waals surface area contributed by atoms with Gasteiger partial charge in [-0.15, -0.1) is 0 Å². The van der Waals surface area contributed by atoms with E-state index in [4.69, 9.17) is 23.2 Å². The lowest BCUT2D eigenvalue weighted by Gasteiger charge is -1.95. The lowest BCUT2D eigenvalue weighted by atomic mass is 10.2. The van der Waals surface area contributed by atoms with Gasteiger partial charge >= 0.3 is 5.35 Å². The van der Waals surface area contributed by atoms with E-state index in [-0.39, 0.29) is 5.35 Å². The molecule has 0 radical (unpaired) electrons. The lowest BCUT2D eigenvalue weighted by Crippen LogP contribution is -1.80. The zero-order chi connectivity index (χ0) is 9.26. The summed E-state index contributed by atoms with van der Waals surface area (Å²) in [5, 5.41) is 4.22. The third-order valence-corrected chi connectivity index (χ3v) is 2.00. The number of halogens is 2. The van der Waals surface area contributed by atoms with Gasteiger partial charge in [-0.25, -0.2) is 0 Å². The third-order valence-electron chi connectivity index (χ3n) is 1.52. The highest BCUT2D eigenvalue weighted by atomic mass is 35.5. The number of nitrogens with zero attached hydrogens (tertiary/aromatic N) is 2. The van der Waals surface area contributed by atoms with E-state index >= 15 is 0 Å². The van der Waals surface area contributed by atoms with E-state index < -0.39 is 0 Å². The molecule has 0 aliphatic heterocycles. The van der Waals surface area contributed by atoms with Gasteiger partial charge in [0, 0.05) is 5.56 Å². The highest BCUT2D eigenvalue weighted by Crippen LogP contribution is 2.25. The van der Waals surface area contributed by atoms with Crippen LogP contribution in [0.5, 0.6) is 0 Å². The summed E-state index contributed by atoms with van der Waals surface area (Å²) in [6, 6.07) is 7.21. The summed E-state index contributed by atoms with van der Waals surface area (Å²) in [6.45, 7) is 0. The summed E-state index contributed by atoms with van der Waals surface area (Å²) in [6.07, 6.45) is 0. The van der Waals surface area contributed by atoms with Crippen molar-refractivity contribution in [2.24, 2.45) is 0 Å². The molecule has 1 heterocycles. The molecule has 0 saturated heterocycles. The second-order valence-electron chi connectivity index (χ2n) is 2.35. The maximum absolute atomic E-state index is 5.90. The Hall–Kier alpha value is -1.06. The number of hydrogen-bond acceptors (Lipinski definition) is 3. The molecule has 13 heavy (non-hydrogen) atoms. The molecule has 3 nitrogen and oxygen atoms in total. The largest absolute Gasteiger partial charge is 0.321 e. The van der Waals surface area contributed by atoms with Crippen molar-refractivity contribution in [3.05, 3.63) is 34.6 Å². The summed E-state index contributed by atoms with van der Waals surface area (Å²) in [4.78, 5) is 3.84. The van der Waals surface area contributed by atoms with E-state index in [1.54, 1.807) is 12.1 Å². The first kappa shape index (κ1) is 8.53. The van der Waals surface area contributed by atoms with E-state index in [1.807, 2.05) is 12.1 Å². The second-order valence-corrected chi connectivity index (χ2v) is 3.08. The molecule has 0 unspecified atom stereocenters. The zero-order valence-electron chi connectivity index (χ0n) is 6.37. The molecule has 2 aromatic rings. The molecule has 0 atom stereocenters. The fourth-order valence-electron chi connectivity index (χ4n) is 0.957. The first-order valence-electron chi connectivity index (χ1n) is 3.51. The predicted molar refractivity (Wildman–Crippen MR) is 49.8 cm³/mol. The third kappa shape index (κ3) is 1.66. The number of benzene rings is 1. The standard InChI is InChI=1S/C8H4Cl2N2O/c9-6-4-2-1-3-5(6)7-11-8(10)13-12-7/h1-4H. The summed E-state index contributed by atoms with van der Waals surface area (Å²) in [5.74, 6) is 0.399. The van der Waals surface area contributed by atoms with Gasteiger partial charge in [-0.05, 0) is 23.7 Å². The molecule has 0 aliphatic carbocycles. The van der Waals surface area contributed by atoms with Gasteiger partial charge in [0.1, 0.15) is 0 Å². The molecule has 1 aromatic carbocycles. The average molecular weight is 215 g/mol. The summed E-state index contributed by atoms with van der Waals surface area (Å²) < 4.78 is 4.62. The molecule has 0 fully saturated rings. The number of hydrogen-bond donors (Lipinski definition) is 0. The number of rotatable bonds is 1. The highest BCUT2D eigenvalue weighted by Gasteiger charge is 2.08. The van der Waals surface area contributed by atoms with Crippen LogP contribution in [0.2, 0.25) is 10.4 Å². The Bertz CT molecular complexity index is 428. The Kier molecular flexibility index (Phi) is 2.20. The lowest BCUT2D eigenvalue weighted by molar-refractivity contribution is 0.421. The van der Waals surface area contributed by atoms with Crippen molar-refractivity contribution in [2.75, 3.05) is 0 Å². The first-order chi connectivity index (χ1) is 6.27. The molecule has 0 aliphatic rings. The molecule has 0 N–H and O–H groups in total. The van der Waals surface area contributed by atoms with Crippen LogP contribution in [0, 0.1) is 0 Å². The Morgan fingerprint density at radius 1 is 1.15 bits per heavy atom. The van der Waals surface area contributed by atoms with E-state index in [1.165, 1.54) is 0 Å². The maximum atomic E-state index is 5.90. The van der Waals surface area contributed by atoms with Crippen molar-refractivity contribution < 1.29 is 4.52 Å². The van der Waals surface area contributed by atoms with Crippen molar-refractivity contribution >= 4 is 23.2 Å². The summed E-state index contributed by atoms with van der Waals surface area (Å²) in [7, 11) is 0. The van der Waals surface area contributed by atoms with Gasteiger partial charge in [-0.2, -0.15) is 4.98 Å². The molecule has 5 heteroatoms. The topological polar surface area (TPSA) is 38.9 Å². The monoisotopic (exact) mass is 214 g/mol. The molecule has 0 bridgehead atoms. The Balaban J connectivity index is 2.52. The van der Waals surface area contributed by atoms with Gasteiger partial charge in [0.15, 0.2) is 0 Å². The van der Waals surface area contributed by atoms with Crippen LogP contribution >= 0.6 is 23.2 Å². The first-order valence-corrected chi connectivity index (χ1v) is 4.27. The zero-order valence-corrected chi connectivity index (χ0v) is 7.88. The SMILES string of the molecule is Clc1nc(-c2ccccc2Cl)no1. The molecule has 0 amide bonds. The maximum Gasteiger partial charge on any atom is 0.320 e. The van der Waals surface area contributed by atoms with Gasteiger partial charge in [0.05, 0.1) is 5.02 Å². The molecule has 2 rings (SSSR count). The van der Waals surface area contributed by atoms with Crippen LogP contribution in [0.3, 0.4) is 0 Å². The molecule has 1 aromatic heterocycles. The second kappa shape index (κ2) is 3.36. The van der Waals surface area contributed by atoms with Gasteiger partial charge < -0.3 is 4.52 Å². The van der Waals surface area contributed by atoms with E-state index in [0.29, 0.717) is 16.4 Å². The Labute approximate surface area is 84.3 Å². The van der Waals surface area contributed by atoms with Crippen LogP contribution in [-0.2, 0) is 0 Å². The van der Waals surface area contributed by atoms with E-state index in [0.717, 1.165) is 0 Å². The van der Waals surface area contributed by atoms with E-state index in [2.05, 4.69) is 14.7 Å². The van der Waals surface area contributed by atoms with Gasteiger partial charge in [0.2, 0.25) is 5.82 Å². The van der Waals surface area contributed by atoms with Crippen LogP contribution < -0.4 is 0 Å². The van der Waals surface area contributed by atoms with Crippen molar-refractivity contribution in [3.63, 3.8) is 0 Å². The fraction of sp³-hybridized carbons (Fsp3) is 0. The normalized spacial score (nSPS) is 10.3. The van der Waals surface area contributed by atoms with Crippen LogP contribution in [-0.4, -0.2) is 10.1 Å². The van der Waals surface area contributed by atoms with Crippen LogP contribution in [0.15, 0.2) is 28.8 Å². The minimum absolute atomic E-state index is 0.00918. The molecular formula is C8H4Cl2N2O. The number of aromatic nitrogens is 2. The van der Waals surface area contributed by atoms with Crippen molar-refractivity contribution in [3.8, 4) is 11.4 Å². The fourth-order valence-corrected chi connectivity index (χ4v) is 1.29. The van der Waals surface area contributed by atoms with Gasteiger partial charge in [-0.1, -0.05) is 28.9 Å². The van der Waals surface area contributed by atoms with Crippen LogP contribution in [0.1, 0.15) is 0 Å². The highest BCUT2D eigenvalue weighted by molar-refractivity contribution is 6.33. The molecule has 0 saturated carbocycles.